The van der Waals surface area contributed by atoms with E-state index in [1.165, 1.54) is 24.3 Å². The van der Waals surface area contributed by atoms with Crippen LogP contribution in [-0.2, 0) is 24.7 Å². The Morgan fingerprint density at radius 1 is 0.393 bits per heavy atom. The van der Waals surface area contributed by atoms with E-state index in [0.29, 0.717) is 0 Å². The Kier molecular flexibility index (Phi) is 9.33. The van der Waals surface area contributed by atoms with Crippen LogP contribution >= 0.6 is 0 Å². The van der Waals surface area contributed by atoms with Crippen molar-refractivity contribution in [3.05, 3.63) is 115 Å². The first-order valence-electron chi connectivity index (χ1n) is 14.6. The summed E-state index contributed by atoms with van der Waals surface area (Å²) in [5.41, 5.74) is -20.8. The van der Waals surface area contributed by atoms with Gasteiger partial charge in [0.05, 0.1) is 39.0 Å². The number of benzene rings is 3. The van der Waals surface area contributed by atoms with Gasteiger partial charge in [0.25, 0.3) is 0 Å². The van der Waals surface area contributed by atoms with Crippen molar-refractivity contribution in [2.75, 3.05) is 0 Å². The van der Waals surface area contributed by atoms with Crippen LogP contribution in [0, 0.1) is 79.3 Å². The summed E-state index contributed by atoms with van der Waals surface area (Å²) in [4.78, 5) is 0. The Hall–Kier alpha value is -7.79. The molecule has 0 aliphatic heterocycles. The van der Waals surface area contributed by atoms with Crippen molar-refractivity contribution < 1.29 is 52.7 Å². The van der Waals surface area contributed by atoms with E-state index in [9.17, 15) is 89.5 Å². The summed E-state index contributed by atoms with van der Waals surface area (Å²) in [5, 5.41) is 69.4. The van der Waals surface area contributed by atoms with Crippen LogP contribution in [-0.4, -0.2) is 0 Å². The maximum atomic E-state index is 14.2. The third kappa shape index (κ3) is 6.32. The minimum Gasteiger partial charge on any atom is -0.192 e. The first-order chi connectivity index (χ1) is 26.0. The van der Waals surface area contributed by atoms with Crippen LogP contribution in [0.2, 0.25) is 0 Å². The lowest BCUT2D eigenvalue weighted by atomic mass is 9.87. The number of nitriles is 7. The fourth-order valence-electron chi connectivity index (χ4n) is 6.27. The zero-order valence-electron chi connectivity index (χ0n) is 26.7. The molecule has 3 aromatic rings. The molecule has 19 heteroatoms. The van der Waals surface area contributed by atoms with Gasteiger partial charge in [-0.25, -0.2) is 0 Å². The molecule has 0 saturated carbocycles. The number of hydrogen-bond donors (Lipinski definition) is 0. The maximum Gasteiger partial charge on any atom is 0.417 e. The summed E-state index contributed by atoms with van der Waals surface area (Å²) in [5.74, 6) is 0. The van der Waals surface area contributed by atoms with Crippen molar-refractivity contribution in [2.24, 2.45) is 0 Å². The van der Waals surface area contributed by atoms with Gasteiger partial charge >= 0.3 is 24.7 Å². The number of hydrogen-bond acceptors (Lipinski definition) is 7. The minimum absolute atomic E-state index is 0.0613. The molecule has 274 valence electrons. The predicted molar refractivity (Wildman–Crippen MR) is 165 cm³/mol. The summed E-state index contributed by atoms with van der Waals surface area (Å²) in [6.07, 6.45) is -22.1. The first-order valence-corrected chi connectivity index (χ1v) is 14.6. The van der Waals surface area contributed by atoms with E-state index >= 15 is 0 Å². The normalized spacial score (nSPS) is 13.7. The average molecular weight is 777 g/mol. The van der Waals surface area contributed by atoms with Crippen molar-refractivity contribution in [3.8, 4) is 42.5 Å². The van der Waals surface area contributed by atoms with Gasteiger partial charge in [-0.05, 0) is 64.7 Å². The average Bonchev–Trinajstić information content (AvgIpc) is 3.61. The zero-order chi connectivity index (χ0) is 41.9. The quantitative estimate of drug-likeness (QED) is 0.184. The molecule has 0 fully saturated rings. The van der Waals surface area contributed by atoms with E-state index in [1.807, 2.05) is 0 Å². The molecule has 0 bridgehead atoms. The highest BCUT2D eigenvalue weighted by atomic mass is 19.4. The largest absolute Gasteiger partial charge is 0.417 e. The van der Waals surface area contributed by atoms with E-state index in [2.05, 4.69) is 0 Å². The Balaban J connectivity index is 2.00. The summed E-state index contributed by atoms with van der Waals surface area (Å²) in [6, 6.07) is 11.5. The standard InChI is InChI=1S/C37H7F12N7/c38-34(39,40)19-1-15(2-20(5-19)35(41,42)43)30-25(12-54)21-6-22-24(7-23(21)32(30)17(8-50)9-51)33(18(10-52)11-53)31(26(22)13-55)16-3-28(36(44,45)46)27(14-56)29(4-16)37(47,48)49/h1-7H. The Morgan fingerprint density at radius 2 is 0.732 bits per heavy atom. The van der Waals surface area contributed by atoms with Gasteiger partial charge in [-0.2, -0.15) is 89.5 Å². The number of halogens is 12. The fourth-order valence-corrected chi connectivity index (χ4v) is 6.27. The van der Waals surface area contributed by atoms with E-state index in [1.54, 1.807) is 12.1 Å². The molecular formula is C37H7F12N7. The van der Waals surface area contributed by atoms with Gasteiger partial charge < -0.3 is 0 Å². The van der Waals surface area contributed by atoms with Gasteiger partial charge in [-0.15, -0.1) is 0 Å². The van der Waals surface area contributed by atoms with Gasteiger partial charge in [-0.3, -0.25) is 0 Å². The van der Waals surface area contributed by atoms with E-state index in [0.717, 1.165) is 18.2 Å². The topological polar surface area (TPSA) is 167 Å². The van der Waals surface area contributed by atoms with Gasteiger partial charge in [-0.1, -0.05) is 0 Å². The van der Waals surface area contributed by atoms with Gasteiger partial charge in [0, 0.05) is 33.4 Å². The lowest BCUT2D eigenvalue weighted by molar-refractivity contribution is -0.144. The molecule has 0 saturated heterocycles. The van der Waals surface area contributed by atoms with Crippen LogP contribution in [0.25, 0.3) is 33.4 Å². The molecule has 2 aliphatic rings. The molecule has 0 aromatic heterocycles. The van der Waals surface area contributed by atoms with Crippen molar-refractivity contribution in [1.82, 2.24) is 0 Å². The van der Waals surface area contributed by atoms with Crippen LogP contribution in [0.3, 0.4) is 0 Å². The molecule has 0 heterocycles. The number of rotatable bonds is 2. The number of allylic oxidation sites excluding steroid dienone is 8. The number of fused-ring (bicyclic) bond motifs is 2. The van der Waals surface area contributed by atoms with Crippen LogP contribution < -0.4 is 0 Å². The van der Waals surface area contributed by atoms with Crippen molar-refractivity contribution in [3.63, 3.8) is 0 Å². The number of nitrogens with zero attached hydrogens (tertiary/aromatic N) is 7. The second-order valence-corrected chi connectivity index (χ2v) is 11.5. The molecule has 5 rings (SSSR count). The summed E-state index contributed by atoms with van der Waals surface area (Å²) in [6.45, 7) is 0. The third-order valence-corrected chi connectivity index (χ3v) is 8.43. The van der Waals surface area contributed by atoms with Gasteiger partial charge in [0.15, 0.2) is 0 Å². The van der Waals surface area contributed by atoms with E-state index in [4.69, 9.17) is 0 Å². The van der Waals surface area contributed by atoms with Crippen molar-refractivity contribution in [1.29, 1.82) is 36.8 Å². The molecule has 3 aromatic carbocycles. The summed E-state index contributed by atoms with van der Waals surface area (Å²) < 4.78 is 168. The SMILES string of the molecule is N#CC(C#N)=C1C(c2cc(C(F)(F)F)cc(C(F)(F)F)c2)=C(C#N)c2cc3c(cc21)C(=C(C#N)C#N)C(c1cc(C(F)(F)F)c(C#N)c(C(F)(F)F)c1)=C3C#N. The highest BCUT2D eigenvalue weighted by Gasteiger charge is 2.44. The summed E-state index contributed by atoms with van der Waals surface area (Å²) >= 11 is 0. The van der Waals surface area contributed by atoms with Crippen LogP contribution in [0.4, 0.5) is 52.7 Å². The maximum absolute atomic E-state index is 14.2. The monoisotopic (exact) mass is 777 g/mol. The highest BCUT2D eigenvalue weighted by Crippen LogP contribution is 2.56. The van der Waals surface area contributed by atoms with Gasteiger partial charge in [0.1, 0.15) is 53.6 Å². The molecule has 56 heavy (non-hydrogen) atoms. The molecule has 0 radical (unpaired) electrons. The minimum atomic E-state index is -5.62. The molecule has 0 spiro atoms. The lowest BCUT2D eigenvalue weighted by Crippen LogP contribution is -2.16. The smallest absolute Gasteiger partial charge is 0.192 e. The molecule has 0 amide bonds. The van der Waals surface area contributed by atoms with E-state index < -0.39 is 130 Å². The van der Waals surface area contributed by atoms with E-state index in [-0.39, 0.29) is 30.3 Å². The predicted octanol–water partition coefficient (Wildman–Crippen LogP) is 10.1. The lowest BCUT2D eigenvalue weighted by Gasteiger charge is -2.18. The Bertz CT molecular complexity index is 2660. The molecule has 0 N–H and O–H groups in total. The first kappa shape index (κ1) is 39.4. The van der Waals surface area contributed by atoms with Crippen molar-refractivity contribution >= 4 is 33.4 Å². The molecular weight excluding hydrogens is 770 g/mol. The number of alkyl halides is 12. The second kappa shape index (κ2) is 13.3. The fraction of sp³-hybridized carbons (Fsp3) is 0.108. The summed E-state index contributed by atoms with van der Waals surface area (Å²) in [7, 11) is 0. The van der Waals surface area contributed by atoms with Crippen LogP contribution in [0.5, 0.6) is 0 Å². The van der Waals surface area contributed by atoms with Crippen molar-refractivity contribution in [2.45, 2.75) is 24.7 Å². The van der Waals surface area contributed by atoms with Crippen LogP contribution in [0.1, 0.15) is 61.2 Å². The molecule has 0 atom stereocenters. The zero-order valence-corrected chi connectivity index (χ0v) is 26.7. The third-order valence-electron chi connectivity index (χ3n) is 8.43. The molecule has 2 aliphatic carbocycles. The molecule has 7 nitrogen and oxygen atoms in total. The molecule has 0 unspecified atom stereocenters. The van der Waals surface area contributed by atoms with Gasteiger partial charge in [0.2, 0.25) is 0 Å². The van der Waals surface area contributed by atoms with Crippen LogP contribution in [0.15, 0.2) is 53.6 Å². The Morgan fingerprint density at radius 3 is 1.02 bits per heavy atom. The Labute approximate surface area is 304 Å². The highest BCUT2D eigenvalue weighted by molar-refractivity contribution is 6.30. The second-order valence-electron chi connectivity index (χ2n) is 11.5.